The largest absolute Gasteiger partial charge is 0.380 e. The molecule has 2 rings (SSSR count). The van der Waals surface area contributed by atoms with Crippen molar-refractivity contribution >= 4 is 11.5 Å². The normalized spacial score (nSPS) is 11.9. The smallest absolute Gasteiger partial charge is 0.197 e. The Bertz CT molecular complexity index is 564. The molecular weight excluding hydrogens is 238 g/mol. The first-order valence-electron chi connectivity index (χ1n) is 6.15. The lowest BCUT2D eigenvalue weighted by molar-refractivity contribution is 0.0748. The summed E-state index contributed by atoms with van der Waals surface area (Å²) >= 11 is 0. The van der Waals surface area contributed by atoms with Gasteiger partial charge in [-0.25, -0.2) is 0 Å². The maximum atomic E-state index is 12.4. The van der Waals surface area contributed by atoms with Crippen molar-refractivity contribution in [3.05, 3.63) is 65.7 Å². The molecule has 0 aliphatic rings. The molecular formula is C16H17NO2. The number of hydrogen-bond acceptors (Lipinski definition) is 3. The monoisotopic (exact) mass is 255 g/mol. The van der Waals surface area contributed by atoms with Crippen molar-refractivity contribution in [1.82, 2.24) is 0 Å². The molecule has 98 valence electrons. The molecule has 0 aromatic heterocycles. The predicted molar refractivity (Wildman–Crippen MR) is 76.5 cm³/mol. The van der Waals surface area contributed by atoms with E-state index >= 15 is 0 Å². The van der Waals surface area contributed by atoms with Crippen LogP contribution in [0.4, 0.5) is 5.69 Å². The summed E-state index contributed by atoms with van der Waals surface area (Å²) in [5, 5.41) is 10.2. The van der Waals surface area contributed by atoms with Crippen LogP contribution < -0.4 is 4.90 Å². The molecule has 1 atom stereocenters. The van der Waals surface area contributed by atoms with Crippen molar-refractivity contribution in [3.8, 4) is 0 Å². The second-order valence-corrected chi connectivity index (χ2v) is 4.59. The Morgan fingerprint density at radius 3 is 2.21 bits per heavy atom. The van der Waals surface area contributed by atoms with Gasteiger partial charge in [-0.05, 0) is 17.7 Å². The van der Waals surface area contributed by atoms with Crippen LogP contribution in [0.2, 0.25) is 0 Å². The first kappa shape index (κ1) is 13.3. The van der Waals surface area contributed by atoms with Crippen LogP contribution in [0.5, 0.6) is 0 Å². The van der Waals surface area contributed by atoms with Crippen LogP contribution in [-0.2, 0) is 0 Å². The fourth-order valence-corrected chi connectivity index (χ4v) is 2.01. The zero-order chi connectivity index (χ0) is 13.8. The molecule has 3 heteroatoms. The molecule has 0 saturated carbocycles. The van der Waals surface area contributed by atoms with Crippen molar-refractivity contribution < 1.29 is 9.90 Å². The van der Waals surface area contributed by atoms with E-state index in [1.165, 1.54) is 0 Å². The molecule has 0 aliphatic carbocycles. The number of rotatable bonds is 4. The number of aliphatic hydroxyl groups excluding tert-OH is 1. The van der Waals surface area contributed by atoms with E-state index in [0.717, 1.165) is 5.69 Å². The lowest BCUT2D eigenvalue weighted by Gasteiger charge is -2.18. The molecule has 0 bridgehead atoms. The van der Waals surface area contributed by atoms with Crippen LogP contribution in [0.15, 0.2) is 54.6 Å². The van der Waals surface area contributed by atoms with Crippen LogP contribution in [0, 0.1) is 0 Å². The number of nitrogens with zero attached hydrogens (tertiary/aromatic N) is 1. The lowest BCUT2D eigenvalue weighted by Crippen LogP contribution is -2.18. The molecule has 0 spiro atoms. The van der Waals surface area contributed by atoms with E-state index in [1.807, 2.05) is 49.3 Å². The summed E-state index contributed by atoms with van der Waals surface area (Å²) in [5.41, 5.74) is 1.95. The van der Waals surface area contributed by atoms with Crippen molar-refractivity contribution in [3.63, 3.8) is 0 Å². The van der Waals surface area contributed by atoms with Gasteiger partial charge in [-0.3, -0.25) is 4.79 Å². The van der Waals surface area contributed by atoms with E-state index < -0.39 is 6.10 Å². The number of carbonyl (C=O) groups excluding carboxylic acids is 1. The minimum atomic E-state index is -1.12. The Hall–Kier alpha value is -2.13. The van der Waals surface area contributed by atoms with E-state index in [4.69, 9.17) is 0 Å². The summed E-state index contributed by atoms with van der Waals surface area (Å²) in [6, 6.07) is 16.3. The first-order valence-corrected chi connectivity index (χ1v) is 6.15. The lowest BCUT2D eigenvalue weighted by atomic mass is 9.98. The van der Waals surface area contributed by atoms with Gasteiger partial charge >= 0.3 is 0 Å². The van der Waals surface area contributed by atoms with Crippen molar-refractivity contribution in [1.29, 1.82) is 0 Å². The third-order valence-electron chi connectivity index (χ3n) is 3.01. The van der Waals surface area contributed by atoms with Gasteiger partial charge in [0.2, 0.25) is 0 Å². The van der Waals surface area contributed by atoms with Crippen molar-refractivity contribution in [2.24, 2.45) is 0 Å². The summed E-state index contributed by atoms with van der Waals surface area (Å²) in [4.78, 5) is 14.3. The van der Waals surface area contributed by atoms with Gasteiger partial charge in [0.1, 0.15) is 6.10 Å². The summed E-state index contributed by atoms with van der Waals surface area (Å²) < 4.78 is 0. The molecule has 2 aromatic rings. The number of Topliss-reactive ketones (excluding diaryl/α,β-unsaturated/α-hetero) is 1. The van der Waals surface area contributed by atoms with E-state index in [1.54, 1.807) is 24.3 Å². The molecule has 0 saturated heterocycles. The topological polar surface area (TPSA) is 40.5 Å². The molecule has 1 N–H and O–H groups in total. The van der Waals surface area contributed by atoms with Gasteiger partial charge in [0, 0.05) is 25.3 Å². The highest BCUT2D eigenvalue weighted by atomic mass is 16.3. The summed E-state index contributed by atoms with van der Waals surface area (Å²) in [7, 11) is 3.75. The molecule has 2 aromatic carbocycles. The minimum absolute atomic E-state index is 0.282. The highest BCUT2D eigenvalue weighted by molar-refractivity contribution is 6.04. The Morgan fingerprint density at radius 1 is 1.00 bits per heavy atom. The number of anilines is 1. The van der Waals surface area contributed by atoms with Gasteiger partial charge in [0.05, 0.1) is 0 Å². The average Bonchev–Trinajstić information content (AvgIpc) is 2.46. The summed E-state index contributed by atoms with van der Waals surface area (Å²) in [5.74, 6) is -0.282. The van der Waals surface area contributed by atoms with Crippen LogP contribution in [0.1, 0.15) is 22.0 Å². The predicted octanol–water partition coefficient (Wildman–Crippen LogP) is 2.67. The average molecular weight is 255 g/mol. The highest BCUT2D eigenvalue weighted by Gasteiger charge is 2.21. The van der Waals surface area contributed by atoms with Crippen LogP contribution in [0.3, 0.4) is 0 Å². The molecule has 0 heterocycles. The van der Waals surface area contributed by atoms with Crippen molar-refractivity contribution in [2.75, 3.05) is 19.0 Å². The zero-order valence-corrected chi connectivity index (χ0v) is 11.1. The van der Waals surface area contributed by atoms with Gasteiger partial charge < -0.3 is 10.0 Å². The maximum Gasteiger partial charge on any atom is 0.197 e. The third kappa shape index (κ3) is 2.83. The Labute approximate surface area is 113 Å². The van der Waals surface area contributed by atoms with Gasteiger partial charge in [0.25, 0.3) is 0 Å². The number of para-hydroxylation sites is 1. The van der Waals surface area contributed by atoms with Crippen LogP contribution >= 0.6 is 0 Å². The fourth-order valence-electron chi connectivity index (χ4n) is 2.01. The standard InChI is InChI=1S/C16H17NO2/c1-17(2)14-11-7-6-10-13(14)16(19)15(18)12-8-4-3-5-9-12/h3-11,15,18H,1-2H3. The Balaban J connectivity index is 2.35. The van der Waals surface area contributed by atoms with Crippen LogP contribution in [0.25, 0.3) is 0 Å². The number of benzene rings is 2. The van der Waals surface area contributed by atoms with Gasteiger partial charge in [-0.15, -0.1) is 0 Å². The molecule has 0 aliphatic heterocycles. The zero-order valence-electron chi connectivity index (χ0n) is 11.1. The maximum absolute atomic E-state index is 12.4. The van der Waals surface area contributed by atoms with Gasteiger partial charge in [-0.2, -0.15) is 0 Å². The number of aliphatic hydroxyl groups is 1. The highest BCUT2D eigenvalue weighted by Crippen LogP contribution is 2.24. The summed E-state index contributed by atoms with van der Waals surface area (Å²) in [6.07, 6.45) is -1.12. The molecule has 0 radical (unpaired) electrons. The molecule has 3 nitrogen and oxygen atoms in total. The number of carbonyl (C=O) groups is 1. The molecule has 19 heavy (non-hydrogen) atoms. The van der Waals surface area contributed by atoms with E-state index in [0.29, 0.717) is 11.1 Å². The Kier molecular flexibility index (Phi) is 3.97. The van der Waals surface area contributed by atoms with Crippen LogP contribution in [-0.4, -0.2) is 25.0 Å². The molecule has 0 amide bonds. The number of hydrogen-bond donors (Lipinski definition) is 1. The van der Waals surface area contributed by atoms with E-state index in [-0.39, 0.29) is 5.78 Å². The second-order valence-electron chi connectivity index (χ2n) is 4.59. The van der Waals surface area contributed by atoms with Gasteiger partial charge in [-0.1, -0.05) is 42.5 Å². The third-order valence-corrected chi connectivity index (χ3v) is 3.01. The fraction of sp³-hybridized carbons (Fsp3) is 0.188. The first-order chi connectivity index (χ1) is 9.11. The number of ketones is 1. The molecule has 0 fully saturated rings. The van der Waals surface area contributed by atoms with Crippen molar-refractivity contribution in [2.45, 2.75) is 6.10 Å². The second kappa shape index (κ2) is 5.67. The SMILES string of the molecule is CN(C)c1ccccc1C(=O)C(O)c1ccccc1. The Morgan fingerprint density at radius 2 is 1.58 bits per heavy atom. The van der Waals surface area contributed by atoms with E-state index in [2.05, 4.69) is 0 Å². The molecule has 1 unspecified atom stereocenters. The quantitative estimate of drug-likeness (QED) is 0.854. The minimum Gasteiger partial charge on any atom is -0.380 e. The van der Waals surface area contributed by atoms with Gasteiger partial charge in [0.15, 0.2) is 5.78 Å². The van der Waals surface area contributed by atoms with E-state index in [9.17, 15) is 9.90 Å². The summed E-state index contributed by atoms with van der Waals surface area (Å²) in [6.45, 7) is 0.